The molecular formula is C25H26N4O3S. The molecule has 0 aliphatic carbocycles. The van der Waals surface area contributed by atoms with Crippen molar-refractivity contribution in [1.29, 1.82) is 0 Å². The largest absolute Gasteiger partial charge is 0.452 e. The van der Waals surface area contributed by atoms with E-state index >= 15 is 0 Å². The third-order valence-corrected chi connectivity index (χ3v) is 6.45. The van der Waals surface area contributed by atoms with Crippen molar-refractivity contribution in [2.24, 2.45) is 7.05 Å². The van der Waals surface area contributed by atoms with Gasteiger partial charge in [0.2, 0.25) is 0 Å². The minimum absolute atomic E-state index is 0.352. The summed E-state index contributed by atoms with van der Waals surface area (Å²) in [4.78, 5) is 31.4. The number of pyridine rings is 1. The number of aromatic nitrogens is 3. The SMILES string of the molecule is CCc1cccc(CC)c1NC(=O)COC(=O)c1cc(-c2cccs2)nc2c1c(C)nn2C. The normalized spacial score (nSPS) is 11.0. The number of thiophene rings is 1. The Bertz CT molecular complexity index is 1300. The number of rotatable bonds is 7. The first-order chi connectivity index (χ1) is 15.9. The van der Waals surface area contributed by atoms with Gasteiger partial charge in [0.15, 0.2) is 12.3 Å². The smallest absolute Gasteiger partial charge is 0.339 e. The van der Waals surface area contributed by atoms with E-state index in [0.717, 1.165) is 34.5 Å². The van der Waals surface area contributed by atoms with Gasteiger partial charge in [0.1, 0.15) is 0 Å². The number of ether oxygens (including phenoxy) is 1. The van der Waals surface area contributed by atoms with E-state index in [-0.39, 0.29) is 12.5 Å². The van der Waals surface area contributed by atoms with Crippen molar-refractivity contribution in [1.82, 2.24) is 14.8 Å². The van der Waals surface area contributed by atoms with Gasteiger partial charge in [-0.2, -0.15) is 5.10 Å². The fraction of sp³-hybridized carbons (Fsp3) is 0.280. The predicted molar refractivity (Wildman–Crippen MR) is 131 cm³/mol. The first-order valence-corrected chi connectivity index (χ1v) is 11.8. The lowest BCUT2D eigenvalue weighted by Crippen LogP contribution is -2.22. The fourth-order valence-corrected chi connectivity index (χ4v) is 4.63. The van der Waals surface area contributed by atoms with Crippen LogP contribution in [-0.4, -0.2) is 33.2 Å². The number of aryl methyl sites for hydroxylation is 4. The first kappa shape index (κ1) is 22.7. The summed E-state index contributed by atoms with van der Waals surface area (Å²) < 4.78 is 7.09. The van der Waals surface area contributed by atoms with Crippen LogP contribution in [0.4, 0.5) is 5.69 Å². The lowest BCUT2D eigenvalue weighted by molar-refractivity contribution is -0.119. The molecule has 0 radical (unpaired) electrons. The summed E-state index contributed by atoms with van der Waals surface area (Å²) >= 11 is 1.54. The predicted octanol–water partition coefficient (Wildman–Crippen LogP) is 4.93. The first-order valence-electron chi connectivity index (χ1n) is 10.9. The van der Waals surface area contributed by atoms with Gasteiger partial charge >= 0.3 is 5.97 Å². The molecule has 0 spiro atoms. The Morgan fingerprint density at radius 2 is 1.85 bits per heavy atom. The minimum Gasteiger partial charge on any atom is -0.452 e. The van der Waals surface area contributed by atoms with Crippen LogP contribution < -0.4 is 5.32 Å². The van der Waals surface area contributed by atoms with Gasteiger partial charge in [0.25, 0.3) is 5.91 Å². The highest BCUT2D eigenvalue weighted by Gasteiger charge is 2.21. The van der Waals surface area contributed by atoms with E-state index in [2.05, 4.69) is 10.4 Å². The molecule has 8 heteroatoms. The van der Waals surface area contributed by atoms with Crippen molar-refractivity contribution in [3.8, 4) is 10.6 Å². The third kappa shape index (κ3) is 4.52. The van der Waals surface area contributed by atoms with Crippen LogP contribution in [0.5, 0.6) is 0 Å². The van der Waals surface area contributed by atoms with Crippen LogP contribution in [-0.2, 0) is 29.4 Å². The third-order valence-electron chi connectivity index (χ3n) is 5.56. The summed E-state index contributed by atoms with van der Waals surface area (Å²) in [5.41, 5.74) is 5.20. The molecule has 0 saturated carbocycles. The van der Waals surface area contributed by atoms with Gasteiger partial charge in [-0.1, -0.05) is 38.1 Å². The molecule has 1 amide bonds. The molecule has 4 aromatic rings. The zero-order valence-electron chi connectivity index (χ0n) is 19.1. The number of nitrogens with one attached hydrogen (secondary N) is 1. The van der Waals surface area contributed by atoms with E-state index in [1.165, 1.54) is 11.3 Å². The van der Waals surface area contributed by atoms with E-state index in [1.54, 1.807) is 17.8 Å². The van der Waals surface area contributed by atoms with Crippen LogP contribution in [0.15, 0.2) is 41.8 Å². The molecule has 7 nitrogen and oxygen atoms in total. The molecule has 1 N–H and O–H groups in total. The summed E-state index contributed by atoms with van der Waals surface area (Å²) in [6, 6.07) is 11.6. The Kier molecular flexibility index (Phi) is 6.55. The van der Waals surface area contributed by atoms with Crippen molar-refractivity contribution < 1.29 is 14.3 Å². The second-order valence-corrected chi connectivity index (χ2v) is 8.67. The number of para-hydroxylation sites is 1. The monoisotopic (exact) mass is 462 g/mol. The van der Waals surface area contributed by atoms with Crippen LogP contribution >= 0.6 is 11.3 Å². The Hall–Kier alpha value is -3.52. The quantitative estimate of drug-likeness (QED) is 0.394. The van der Waals surface area contributed by atoms with Crippen LogP contribution in [0.2, 0.25) is 0 Å². The average Bonchev–Trinajstić information content (AvgIpc) is 3.45. The van der Waals surface area contributed by atoms with Crippen LogP contribution in [0.3, 0.4) is 0 Å². The second-order valence-electron chi connectivity index (χ2n) is 7.72. The zero-order chi connectivity index (χ0) is 23.5. The lowest BCUT2D eigenvalue weighted by Gasteiger charge is -2.14. The molecule has 0 aliphatic rings. The molecule has 3 aromatic heterocycles. The topological polar surface area (TPSA) is 86.1 Å². The summed E-state index contributed by atoms with van der Waals surface area (Å²) in [6.45, 7) is 5.53. The molecule has 0 fully saturated rings. The Morgan fingerprint density at radius 1 is 1.12 bits per heavy atom. The minimum atomic E-state index is -0.578. The van der Waals surface area contributed by atoms with Crippen molar-refractivity contribution in [3.05, 3.63) is 64.2 Å². The van der Waals surface area contributed by atoms with E-state index in [0.29, 0.717) is 28.0 Å². The molecule has 1 aromatic carbocycles. The maximum atomic E-state index is 13.1. The molecule has 0 saturated heterocycles. The number of nitrogens with zero attached hydrogens (tertiary/aromatic N) is 3. The van der Waals surface area contributed by atoms with Crippen molar-refractivity contribution in [2.75, 3.05) is 11.9 Å². The van der Waals surface area contributed by atoms with Gasteiger partial charge in [0, 0.05) is 12.7 Å². The standard InChI is InChI=1S/C25H26N4O3S/c1-5-16-9-7-10-17(6-2)23(16)27-21(30)14-32-25(31)18-13-19(20-11-8-12-33-20)26-24-22(18)15(3)28-29(24)4/h7-13H,5-6,14H2,1-4H3,(H,27,30). The molecule has 0 unspecified atom stereocenters. The Labute approximate surface area is 196 Å². The molecule has 4 rings (SSSR count). The summed E-state index contributed by atoms with van der Waals surface area (Å²) in [5.74, 6) is -0.948. The molecule has 3 heterocycles. The summed E-state index contributed by atoms with van der Waals surface area (Å²) in [6.07, 6.45) is 1.59. The van der Waals surface area contributed by atoms with E-state index in [9.17, 15) is 9.59 Å². The second kappa shape index (κ2) is 9.54. The molecule has 0 bridgehead atoms. The summed E-state index contributed by atoms with van der Waals surface area (Å²) in [7, 11) is 1.79. The fourth-order valence-electron chi connectivity index (χ4n) is 3.94. The van der Waals surface area contributed by atoms with Gasteiger partial charge in [-0.05, 0) is 48.4 Å². The Morgan fingerprint density at radius 3 is 2.48 bits per heavy atom. The van der Waals surface area contributed by atoms with Crippen LogP contribution in [0, 0.1) is 6.92 Å². The van der Waals surface area contributed by atoms with Gasteiger partial charge in [-0.25, -0.2) is 9.78 Å². The highest BCUT2D eigenvalue weighted by Crippen LogP contribution is 2.29. The van der Waals surface area contributed by atoms with E-state index < -0.39 is 5.97 Å². The number of amides is 1. The molecule has 170 valence electrons. The molecule has 33 heavy (non-hydrogen) atoms. The Balaban J connectivity index is 1.58. The average molecular weight is 463 g/mol. The lowest BCUT2D eigenvalue weighted by atomic mass is 10.0. The maximum Gasteiger partial charge on any atom is 0.339 e. The van der Waals surface area contributed by atoms with Crippen molar-refractivity contribution >= 4 is 39.9 Å². The number of benzene rings is 1. The zero-order valence-corrected chi connectivity index (χ0v) is 20.0. The maximum absolute atomic E-state index is 13.1. The van der Waals surface area contributed by atoms with E-state index in [4.69, 9.17) is 9.72 Å². The van der Waals surface area contributed by atoms with Gasteiger partial charge in [0.05, 0.1) is 27.2 Å². The number of hydrogen-bond donors (Lipinski definition) is 1. The number of hydrogen-bond acceptors (Lipinski definition) is 6. The number of carbonyl (C=O) groups excluding carboxylic acids is 2. The van der Waals surface area contributed by atoms with Crippen molar-refractivity contribution in [3.63, 3.8) is 0 Å². The van der Waals surface area contributed by atoms with E-state index in [1.807, 2.05) is 56.5 Å². The number of fused-ring (bicyclic) bond motifs is 1. The summed E-state index contributed by atoms with van der Waals surface area (Å²) in [5, 5.41) is 9.93. The van der Waals surface area contributed by atoms with Crippen LogP contribution in [0.1, 0.15) is 41.0 Å². The number of carbonyl (C=O) groups is 2. The molecule has 0 atom stereocenters. The molecular weight excluding hydrogens is 436 g/mol. The van der Waals surface area contributed by atoms with Gasteiger partial charge in [-0.15, -0.1) is 11.3 Å². The number of esters is 1. The van der Waals surface area contributed by atoms with Crippen LogP contribution in [0.25, 0.3) is 21.6 Å². The molecule has 0 aliphatic heterocycles. The van der Waals surface area contributed by atoms with Gasteiger partial charge < -0.3 is 10.1 Å². The van der Waals surface area contributed by atoms with Crippen molar-refractivity contribution in [2.45, 2.75) is 33.6 Å². The highest BCUT2D eigenvalue weighted by molar-refractivity contribution is 7.13. The number of anilines is 1. The van der Waals surface area contributed by atoms with Gasteiger partial charge in [-0.3, -0.25) is 9.48 Å². The highest BCUT2D eigenvalue weighted by atomic mass is 32.1.